The van der Waals surface area contributed by atoms with E-state index >= 15 is 0 Å². The molecule has 1 unspecified atom stereocenters. The van der Waals surface area contributed by atoms with Crippen LogP contribution in [0.15, 0.2) is 30.5 Å². The van der Waals surface area contributed by atoms with Crippen molar-refractivity contribution in [3.8, 4) is 0 Å². The van der Waals surface area contributed by atoms with Crippen LogP contribution >= 0.6 is 21.6 Å². The van der Waals surface area contributed by atoms with E-state index in [0.717, 1.165) is 16.5 Å². The van der Waals surface area contributed by atoms with Gasteiger partial charge in [-0.15, -0.1) is 0 Å². The third-order valence-corrected chi connectivity index (χ3v) is 6.96. The first kappa shape index (κ1) is 20.7. The number of aliphatic carboxylic acids is 1. The van der Waals surface area contributed by atoms with Gasteiger partial charge in [0.15, 0.2) is 0 Å². The number of aromatic nitrogens is 1. The maximum Gasteiger partial charge on any atom is 0.327 e. The van der Waals surface area contributed by atoms with Crippen molar-refractivity contribution in [2.45, 2.75) is 44.0 Å². The highest BCUT2D eigenvalue weighted by Crippen LogP contribution is 2.35. The number of benzene rings is 1. The maximum absolute atomic E-state index is 12.4. The number of carbonyl (C=O) groups is 2. The molecule has 1 amide bonds. The van der Waals surface area contributed by atoms with E-state index in [4.69, 9.17) is 5.73 Å². The van der Waals surface area contributed by atoms with Gasteiger partial charge in [-0.25, -0.2) is 4.79 Å². The largest absolute Gasteiger partial charge is 0.480 e. The highest BCUT2D eigenvalue weighted by Gasteiger charge is 2.25. The van der Waals surface area contributed by atoms with Crippen LogP contribution in [0.2, 0.25) is 0 Å². The van der Waals surface area contributed by atoms with E-state index in [-0.39, 0.29) is 10.5 Å². The van der Waals surface area contributed by atoms with E-state index in [1.54, 1.807) is 10.8 Å². The number of aromatic amines is 1. The van der Waals surface area contributed by atoms with Gasteiger partial charge in [-0.1, -0.05) is 60.6 Å². The lowest BCUT2D eigenvalue weighted by molar-refractivity contribution is -0.141. The number of carbonyl (C=O) groups excluding carboxylic acids is 1. The van der Waals surface area contributed by atoms with Gasteiger partial charge in [0.2, 0.25) is 5.91 Å². The Labute approximate surface area is 161 Å². The van der Waals surface area contributed by atoms with Crippen LogP contribution in [-0.4, -0.2) is 44.6 Å². The molecule has 0 fully saturated rings. The van der Waals surface area contributed by atoms with Crippen molar-refractivity contribution in [1.82, 2.24) is 10.3 Å². The fourth-order valence-electron chi connectivity index (χ4n) is 2.36. The van der Waals surface area contributed by atoms with Crippen molar-refractivity contribution >= 4 is 44.4 Å². The molecule has 0 aliphatic carbocycles. The first-order valence-corrected chi connectivity index (χ1v) is 10.6. The lowest BCUT2D eigenvalue weighted by Crippen LogP contribution is -2.50. The van der Waals surface area contributed by atoms with Crippen molar-refractivity contribution < 1.29 is 14.7 Å². The molecule has 0 saturated carbocycles. The van der Waals surface area contributed by atoms with E-state index in [1.165, 1.54) is 10.8 Å². The molecular weight excluding hydrogens is 370 g/mol. The maximum atomic E-state index is 12.4. The molecule has 2 rings (SSSR count). The fraction of sp³-hybridized carbons (Fsp3) is 0.444. The van der Waals surface area contributed by atoms with Crippen molar-refractivity contribution in [2.24, 2.45) is 5.73 Å². The Bertz CT molecular complexity index is 770. The Hall–Kier alpha value is -1.64. The molecule has 142 valence electrons. The molecule has 2 atom stereocenters. The number of carboxylic acids is 1. The predicted molar refractivity (Wildman–Crippen MR) is 109 cm³/mol. The van der Waals surface area contributed by atoms with Crippen LogP contribution < -0.4 is 11.1 Å². The zero-order chi connectivity index (χ0) is 19.3. The van der Waals surface area contributed by atoms with Crippen LogP contribution in [-0.2, 0) is 16.0 Å². The molecule has 5 N–H and O–H groups in total. The zero-order valence-electron chi connectivity index (χ0n) is 15.1. The Morgan fingerprint density at radius 1 is 1.31 bits per heavy atom. The van der Waals surface area contributed by atoms with Crippen molar-refractivity contribution in [1.29, 1.82) is 0 Å². The van der Waals surface area contributed by atoms with Crippen LogP contribution in [0.1, 0.15) is 26.3 Å². The monoisotopic (exact) mass is 395 g/mol. The number of hydrogen-bond acceptors (Lipinski definition) is 5. The minimum Gasteiger partial charge on any atom is -0.480 e. The SMILES string of the molecule is CC(C)(C)SSCC(NC(=O)[C@@H](N)Cc1c[nH]c2ccccc12)C(=O)O. The van der Waals surface area contributed by atoms with E-state index in [1.807, 2.05) is 30.5 Å². The molecule has 8 heteroatoms. The lowest BCUT2D eigenvalue weighted by atomic mass is 10.0. The van der Waals surface area contributed by atoms with Gasteiger partial charge in [0.05, 0.1) is 6.04 Å². The molecule has 2 aromatic rings. The summed E-state index contributed by atoms with van der Waals surface area (Å²) in [5.41, 5.74) is 7.93. The topological polar surface area (TPSA) is 108 Å². The number of para-hydroxylation sites is 1. The smallest absolute Gasteiger partial charge is 0.327 e. The molecule has 26 heavy (non-hydrogen) atoms. The Morgan fingerprint density at radius 2 is 2.00 bits per heavy atom. The van der Waals surface area contributed by atoms with Gasteiger partial charge < -0.3 is 21.1 Å². The van der Waals surface area contributed by atoms with Gasteiger partial charge in [0.25, 0.3) is 0 Å². The first-order chi connectivity index (χ1) is 12.2. The second-order valence-corrected chi connectivity index (χ2v) is 10.2. The number of nitrogens with one attached hydrogen (secondary N) is 2. The number of carboxylic acid groups (broad SMARTS) is 1. The second kappa shape index (κ2) is 8.83. The number of fused-ring (bicyclic) bond motifs is 1. The number of hydrogen-bond donors (Lipinski definition) is 4. The summed E-state index contributed by atoms with van der Waals surface area (Å²) in [6, 6.07) is 6.00. The van der Waals surface area contributed by atoms with Crippen LogP contribution in [0.25, 0.3) is 10.9 Å². The molecule has 1 heterocycles. The molecule has 0 bridgehead atoms. The summed E-state index contributed by atoms with van der Waals surface area (Å²) in [5.74, 6) is -1.23. The minimum atomic E-state index is -1.06. The predicted octanol–water partition coefficient (Wildman–Crippen LogP) is 2.79. The molecular formula is C18H25N3O3S2. The first-order valence-electron chi connectivity index (χ1n) is 8.32. The Kier molecular flexibility index (Phi) is 7.02. The molecule has 0 saturated heterocycles. The zero-order valence-corrected chi connectivity index (χ0v) is 16.7. The van der Waals surface area contributed by atoms with E-state index in [0.29, 0.717) is 6.42 Å². The van der Waals surface area contributed by atoms with Crippen molar-refractivity contribution in [2.75, 3.05) is 5.75 Å². The summed E-state index contributed by atoms with van der Waals surface area (Å²) in [6.45, 7) is 6.16. The second-order valence-electron chi connectivity index (χ2n) is 7.05. The molecule has 0 aliphatic rings. The standard InChI is InChI=1S/C18H25N3O3S2/c1-18(2,3)26-25-10-15(17(23)24)21-16(22)13(19)8-11-9-20-14-7-5-4-6-12(11)14/h4-7,9,13,15,20H,8,10,19H2,1-3H3,(H,21,22)(H,23,24)/t13-,15?/m0/s1. The highest BCUT2D eigenvalue weighted by atomic mass is 33.1. The number of H-pyrrole nitrogens is 1. The van der Waals surface area contributed by atoms with Crippen molar-refractivity contribution in [3.05, 3.63) is 36.0 Å². The summed E-state index contributed by atoms with van der Waals surface area (Å²) < 4.78 is 0.0173. The third kappa shape index (κ3) is 5.96. The van der Waals surface area contributed by atoms with E-state index in [2.05, 4.69) is 31.1 Å². The number of nitrogens with two attached hydrogens (primary N) is 1. The van der Waals surface area contributed by atoms with Crippen LogP contribution in [0, 0.1) is 0 Å². The summed E-state index contributed by atoms with van der Waals surface area (Å²) in [5, 5.41) is 12.9. The highest BCUT2D eigenvalue weighted by molar-refractivity contribution is 8.77. The average molecular weight is 396 g/mol. The Morgan fingerprint density at radius 3 is 2.65 bits per heavy atom. The van der Waals surface area contributed by atoms with Gasteiger partial charge in [0.1, 0.15) is 6.04 Å². The summed E-state index contributed by atoms with van der Waals surface area (Å²) in [7, 11) is 3.02. The van der Waals surface area contributed by atoms with E-state index < -0.39 is 24.0 Å². The summed E-state index contributed by atoms with van der Waals surface area (Å²) >= 11 is 0. The molecule has 1 aromatic heterocycles. The van der Waals surface area contributed by atoms with Crippen LogP contribution in [0.3, 0.4) is 0 Å². The normalized spacial score (nSPS) is 14.2. The van der Waals surface area contributed by atoms with Gasteiger partial charge in [-0.2, -0.15) is 0 Å². The molecule has 0 aliphatic heterocycles. The van der Waals surface area contributed by atoms with E-state index in [9.17, 15) is 14.7 Å². The summed E-state index contributed by atoms with van der Waals surface area (Å²) in [6.07, 6.45) is 2.17. The molecule has 6 nitrogen and oxygen atoms in total. The average Bonchev–Trinajstić information content (AvgIpc) is 2.95. The number of amides is 1. The van der Waals surface area contributed by atoms with Gasteiger partial charge in [-0.3, -0.25) is 4.79 Å². The van der Waals surface area contributed by atoms with Crippen LogP contribution in [0.4, 0.5) is 0 Å². The third-order valence-electron chi connectivity index (χ3n) is 3.61. The van der Waals surface area contributed by atoms with Gasteiger partial charge in [-0.05, 0) is 18.1 Å². The lowest BCUT2D eigenvalue weighted by Gasteiger charge is -2.20. The minimum absolute atomic E-state index is 0.0173. The Balaban J connectivity index is 1.94. The summed E-state index contributed by atoms with van der Waals surface area (Å²) in [4.78, 5) is 26.9. The van der Waals surface area contributed by atoms with Crippen molar-refractivity contribution in [3.63, 3.8) is 0 Å². The van der Waals surface area contributed by atoms with Gasteiger partial charge >= 0.3 is 5.97 Å². The van der Waals surface area contributed by atoms with Crippen LogP contribution in [0.5, 0.6) is 0 Å². The van der Waals surface area contributed by atoms with Gasteiger partial charge in [0, 0.05) is 27.6 Å². The number of rotatable bonds is 8. The quantitative estimate of drug-likeness (QED) is 0.512. The fourth-order valence-corrected chi connectivity index (χ4v) is 4.82. The molecule has 1 aromatic carbocycles. The molecule has 0 spiro atoms. The molecule has 0 radical (unpaired) electrons.